The van der Waals surface area contributed by atoms with E-state index in [2.05, 4.69) is 25.7 Å². The molecule has 2 bridgehead atoms. The summed E-state index contributed by atoms with van der Waals surface area (Å²) in [5.41, 5.74) is -0.0357. The summed E-state index contributed by atoms with van der Waals surface area (Å²) in [5.74, 6) is 1.58. The minimum Gasteiger partial charge on any atom is -0.465 e. The van der Waals surface area contributed by atoms with E-state index in [9.17, 15) is 9.59 Å². The van der Waals surface area contributed by atoms with E-state index in [0.29, 0.717) is 24.2 Å². The molecule has 0 amide bonds. The normalized spacial score (nSPS) is 45.4. The molecule has 1 aliphatic heterocycles. The van der Waals surface area contributed by atoms with Crippen LogP contribution >= 0.6 is 0 Å². The number of nitrogens with zero attached hydrogens (tertiary/aromatic N) is 1. The second kappa shape index (κ2) is 8.64. The average Bonchev–Trinajstić information content (AvgIpc) is 2.97. The predicted molar refractivity (Wildman–Crippen MR) is 131 cm³/mol. The lowest BCUT2D eigenvalue weighted by Crippen LogP contribution is -2.58. The van der Waals surface area contributed by atoms with Crippen molar-refractivity contribution in [1.82, 2.24) is 4.90 Å². The minimum atomic E-state index is -0.356. The quantitative estimate of drug-likeness (QED) is 0.353. The smallest absolute Gasteiger partial charge is 0.312 e. The molecule has 0 N–H and O–H groups in total. The molecular formula is C29H47NO3. The zero-order valence-electron chi connectivity index (χ0n) is 21.6. The summed E-state index contributed by atoms with van der Waals surface area (Å²) in [4.78, 5) is 29.0. The fraction of sp³-hybridized carbons (Fsp3) is 0.931. The van der Waals surface area contributed by atoms with Crippen LogP contribution in [0.3, 0.4) is 0 Å². The second-order valence-corrected chi connectivity index (χ2v) is 13.4. The van der Waals surface area contributed by atoms with Gasteiger partial charge in [0.2, 0.25) is 0 Å². The van der Waals surface area contributed by atoms with Gasteiger partial charge in [0.15, 0.2) is 0 Å². The molecule has 0 aromatic heterocycles. The summed E-state index contributed by atoms with van der Waals surface area (Å²) in [7, 11) is 0. The number of likely N-dealkylation sites (tertiary alicyclic amines) is 1. The molecule has 4 heteroatoms. The van der Waals surface area contributed by atoms with E-state index in [1.54, 1.807) is 0 Å². The zero-order chi connectivity index (χ0) is 23.3. The molecule has 0 aromatic carbocycles. The van der Waals surface area contributed by atoms with Gasteiger partial charge in [0, 0.05) is 11.8 Å². The number of rotatable bonds is 6. The van der Waals surface area contributed by atoms with E-state index < -0.39 is 0 Å². The third-order valence-electron chi connectivity index (χ3n) is 11.4. The Hall–Kier alpha value is -0.900. The van der Waals surface area contributed by atoms with Crippen molar-refractivity contribution in [2.45, 2.75) is 111 Å². The van der Waals surface area contributed by atoms with Crippen molar-refractivity contribution >= 4 is 11.8 Å². The maximum Gasteiger partial charge on any atom is 0.312 e. The van der Waals surface area contributed by atoms with Crippen molar-refractivity contribution in [2.75, 3.05) is 26.2 Å². The van der Waals surface area contributed by atoms with Crippen LogP contribution in [0.1, 0.15) is 111 Å². The van der Waals surface area contributed by atoms with Gasteiger partial charge in [0.05, 0.1) is 12.0 Å². The Morgan fingerprint density at radius 1 is 0.939 bits per heavy atom. The number of carbonyl (C=O) groups excluding carboxylic acids is 2. The molecule has 4 nitrogen and oxygen atoms in total. The predicted octanol–water partition coefficient (Wildman–Crippen LogP) is 6.17. The molecule has 6 atom stereocenters. The summed E-state index contributed by atoms with van der Waals surface area (Å²) < 4.78 is 5.99. The van der Waals surface area contributed by atoms with E-state index in [0.717, 1.165) is 64.3 Å². The van der Waals surface area contributed by atoms with Gasteiger partial charge in [-0.3, -0.25) is 9.59 Å². The summed E-state index contributed by atoms with van der Waals surface area (Å²) in [6, 6.07) is 0. The SMILES string of the molecule is C[C@@]12CC[C@@H]3[C@@](CC[C@H]4[C@@]3(C)CCC[C@@]4(C)C(=O)OCCCCN3CCCCC3)(CC1=O)C2. The highest BCUT2D eigenvalue weighted by Gasteiger charge is 2.68. The maximum atomic E-state index is 13.5. The largest absolute Gasteiger partial charge is 0.465 e. The lowest BCUT2D eigenvalue weighted by atomic mass is 9.40. The van der Waals surface area contributed by atoms with Gasteiger partial charge in [-0.05, 0) is 120 Å². The van der Waals surface area contributed by atoms with Gasteiger partial charge in [-0.2, -0.15) is 0 Å². The van der Waals surface area contributed by atoms with Crippen LogP contribution in [0, 0.1) is 33.5 Å². The molecule has 0 unspecified atom stereocenters. The summed E-state index contributed by atoms with van der Waals surface area (Å²) in [6.45, 7) is 11.1. The molecule has 4 saturated carbocycles. The molecular weight excluding hydrogens is 410 g/mol. The average molecular weight is 458 g/mol. The number of esters is 1. The Bertz CT molecular complexity index is 775. The van der Waals surface area contributed by atoms with Crippen LogP contribution in [0.4, 0.5) is 0 Å². The highest BCUT2D eigenvalue weighted by molar-refractivity contribution is 5.88. The Morgan fingerprint density at radius 3 is 2.48 bits per heavy atom. The van der Waals surface area contributed by atoms with Crippen LogP contribution < -0.4 is 0 Å². The summed E-state index contributed by atoms with van der Waals surface area (Å²) in [6.07, 6.45) is 15.8. The molecule has 5 rings (SSSR count). The standard InChI is InChI=1S/C29H47NO3/c1-26-14-10-23-27(2)12-9-13-28(3,22(27)11-15-29(23,21-26)20-24(26)31)25(32)33-19-8-7-18-30-16-5-4-6-17-30/h22-23H,4-21H2,1-3H3/t22-,23-,26-,27+,28+,29-/m0/s1. The molecule has 1 saturated heterocycles. The van der Waals surface area contributed by atoms with Crippen LogP contribution in [0.15, 0.2) is 0 Å². The highest BCUT2D eigenvalue weighted by atomic mass is 16.5. The van der Waals surface area contributed by atoms with Crippen molar-refractivity contribution in [1.29, 1.82) is 0 Å². The van der Waals surface area contributed by atoms with Gasteiger partial charge in [-0.1, -0.05) is 26.7 Å². The van der Waals surface area contributed by atoms with Crippen molar-refractivity contribution in [3.05, 3.63) is 0 Å². The Labute approximate surface area is 201 Å². The van der Waals surface area contributed by atoms with E-state index in [1.165, 1.54) is 45.2 Å². The lowest BCUT2D eigenvalue weighted by molar-refractivity contribution is -0.188. The van der Waals surface area contributed by atoms with Crippen molar-refractivity contribution in [3.63, 3.8) is 0 Å². The van der Waals surface area contributed by atoms with Gasteiger partial charge in [0.1, 0.15) is 5.78 Å². The number of carbonyl (C=O) groups is 2. The Morgan fingerprint density at radius 2 is 1.70 bits per heavy atom. The first kappa shape index (κ1) is 23.8. The molecule has 1 heterocycles. The first-order chi connectivity index (χ1) is 15.7. The highest BCUT2D eigenvalue weighted by Crippen LogP contribution is 2.73. The number of unbranched alkanes of at least 4 members (excludes halogenated alkanes) is 1. The molecule has 0 radical (unpaired) electrons. The van der Waals surface area contributed by atoms with Gasteiger partial charge >= 0.3 is 5.97 Å². The molecule has 4 aliphatic carbocycles. The monoisotopic (exact) mass is 457 g/mol. The van der Waals surface area contributed by atoms with E-state index in [-0.39, 0.29) is 27.6 Å². The Balaban J connectivity index is 1.21. The van der Waals surface area contributed by atoms with Crippen LogP contribution in [0.2, 0.25) is 0 Å². The zero-order valence-corrected chi connectivity index (χ0v) is 21.6. The molecule has 5 aliphatic rings. The minimum absolute atomic E-state index is 0.0647. The first-order valence-corrected chi connectivity index (χ1v) is 14.1. The third kappa shape index (κ3) is 3.91. The van der Waals surface area contributed by atoms with Crippen molar-refractivity contribution < 1.29 is 14.3 Å². The van der Waals surface area contributed by atoms with Crippen LogP contribution in [0.5, 0.6) is 0 Å². The third-order valence-corrected chi connectivity index (χ3v) is 11.4. The number of fused-ring (bicyclic) bond motifs is 3. The number of piperidine rings is 1. The molecule has 33 heavy (non-hydrogen) atoms. The molecule has 186 valence electrons. The number of Topliss-reactive ketones (excluding diaryl/α,β-unsaturated/α-hetero) is 1. The van der Waals surface area contributed by atoms with Gasteiger partial charge in [-0.15, -0.1) is 0 Å². The second-order valence-electron chi connectivity index (χ2n) is 13.4. The maximum absolute atomic E-state index is 13.5. The van der Waals surface area contributed by atoms with E-state index in [4.69, 9.17) is 4.74 Å². The van der Waals surface area contributed by atoms with Crippen LogP contribution in [0.25, 0.3) is 0 Å². The number of hydrogen-bond donors (Lipinski definition) is 0. The van der Waals surface area contributed by atoms with E-state index >= 15 is 0 Å². The van der Waals surface area contributed by atoms with Crippen LogP contribution in [-0.2, 0) is 14.3 Å². The molecule has 1 spiro atoms. The van der Waals surface area contributed by atoms with Crippen molar-refractivity contribution in [2.24, 2.45) is 33.5 Å². The molecule has 0 aromatic rings. The Kier molecular flexibility index (Phi) is 6.24. The van der Waals surface area contributed by atoms with E-state index in [1.807, 2.05) is 0 Å². The topological polar surface area (TPSA) is 46.6 Å². The first-order valence-electron chi connectivity index (χ1n) is 14.1. The number of hydrogen-bond acceptors (Lipinski definition) is 4. The number of ether oxygens (including phenoxy) is 1. The van der Waals surface area contributed by atoms with Gasteiger partial charge in [0.25, 0.3) is 0 Å². The van der Waals surface area contributed by atoms with Gasteiger partial charge < -0.3 is 9.64 Å². The number of ketones is 1. The van der Waals surface area contributed by atoms with Crippen LogP contribution in [-0.4, -0.2) is 42.9 Å². The molecule has 5 fully saturated rings. The van der Waals surface area contributed by atoms with Crippen molar-refractivity contribution in [3.8, 4) is 0 Å². The van der Waals surface area contributed by atoms with Gasteiger partial charge in [-0.25, -0.2) is 0 Å². The fourth-order valence-electron chi connectivity index (χ4n) is 9.70. The summed E-state index contributed by atoms with van der Waals surface area (Å²) >= 11 is 0. The summed E-state index contributed by atoms with van der Waals surface area (Å²) in [5, 5.41) is 0. The lowest BCUT2D eigenvalue weighted by Gasteiger charge is -2.63. The fourth-order valence-corrected chi connectivity index (χ4v) is 9.70.